The number of hydrogen-bond acceptors (Lipinski definition) is 4. The second kappa shape index (κ2) is 6.56. The number of aromatic nitrogens is 1. The zero-order chi connectivity index (χ0) is 12.8. The Morgan fingerprint density at radius 3 is 3.06 bits per heavy atom. The van der Waals surface area contributed by atoms with Crippen molar-refractivity contribution in [2.24, 2.45) is 0 Å². The number of thiophene rings is 1. The van der Waals surface area contributed by atoms with E-state index in [2.05, 4.69) is 16.4 Å². The van der Waals surface area contributed by atoms with Crippen LogP contribution in [0.5, 0.6) is 0 Å². The van der Waals surface area contributed by atoms with Gasteiger partial charge in [-0.3, -0.25) is 4.79 Å². The van der Waals surface area contributed by atoms with Crippen LogP contribution in [-0.2, 0) is 6.42 Å². The molecule has 0 fully saturated rings. The molecule has 2 rings (SSSR count). The summed E-state index contributed by atoms with van der Waals surface area (Å²) in [6.07, 6.45) is 4.50. The van der Waals surface area contributed by atoms with E-state index in [1.807, 2.05) is 17.7 Å². The standard InChI is InChI=1S/C13H14N2OS2/c1-17-13-11(5-2-7-15-13)12(16)14-8-6-10-4-3-9-18-10/h2-5,7,9H,6,8H2,1H3,(H,14,16). The molecule has 0 saturated heterocycles. The van der Waals surface area contributed by atoms with Crippen LogP contribution in [0.25, 0.3) is 0 Å². The van der Waals surface area contributed by atoms with Gasteiger partial charge in [-0.25, -0.2) is 4.98 Å². The summed E-state index contributed by atoms with van der Waals surface area (Å²) in [5, 5.41) is 5.74. The lowest BCUT2D eigenvalue weighted by Gasteiger charge is -2.07. The number of amides is 1. The summed E-state index contributed by atoms with van der Waals surface area (Å²) in [6, 6.07) is 7.69. The molecule has 1 N–H and O–H groups in total. The zero-order valence-electron chi connectivity index (χ0n) is 10.1. The summed E-state index contributed by atoms with van der Waals surface area (Å²) in [6.45, 7) is 0.655. The molecule has 2 heterocycles. The highest BCUT2D eigenvalue weighted by atomic mass is 32.2. The summed E-state index contributed by atoms with van der Waals surface area (Å²) in [5.74, 6) is -0.0518. The summed E-state index contributed by atoms with van der Waals surface area (Å²) in [4.78, 5) is 17.5. The quantitative estimate of drug-likeness (QED) is 0.855. The molecule has 18 heavy (non-hydrogen) atoms. The van der Waals surface area contributed by atoms with Crippen LogP contribution in [0.2, 0.25) is 0 Å². The summed E-state index contributed by atoms with van der Waals surface area (Å²) < 4.78 is 0. The van der Waals surface area contributed by atoms with E-state index < -0.39 is 0 Å². The number of carbonyl (C=O) groups is 1. The Hall–Kier alpha value is -1.33. The van der Waals surface area contributed by atoms with Gasteiger partial charge in [0.15, 0.2) is 0 Å². The smallest absolute Gasteiger partial charge is 0.254 e. The molecule has 0 aliphatic heterocycles. The monoisotopic (exact) mass is 278 g/mol. The van der Waals surface area contributed by atoms with Crippen LogP contribution in [0.15, 0.2) is 40.9 Å². The van der Waals surface area contributed by atoms with E-state index in [4.69, 9.17) is 0 Å². The van der Waals surface area contributed by atoms with Crippen molar-refractivity contribution >= 4 is 29.0 Å². The van der Waals surface area contributed by atoms with Gasteiger partial charge in [0.05, 0.1) is 5.56 Å². The van der Waals surface area contributed by atoms with Crippen LogP contribution in [-0.4, -0.2) is 23.7 Å². The van der Waals surface area contributed by atoms with Crippen molar-refractivity contribution in [3.8, 4) is 0 Å². The molecule has 0 saturated carbocycles. The molecular weight excluding hydrogens is 264 g/mol. The van der Waals surface area contributed by atoms with Crippen molar-refractivity contribution < 1.29 is 4.79 Å². The van der Waals surface area contributed by atoms with Gasteiger partial charge in [0.1, 0.15) is 5.03 Å². The van der Waals surface area contributed by atoms with Crippen LogP contribution in [0, 0.1) is 0 Å². The molecule has 0 unspecified atom stereocenters. The number of nitrogens with one attached hydrogen (secondary N) is 1. The Kier molecular flexibility index (Phi) is 4.78. The lowest BCUT2D eigenvalue weighted by atomic mass is 10.2. The van der Waals surface area contributed by atoms with E-state index >= 15 is 0 Å². The number of carbonyl (C=O) groups excluding carboxylic acids is 1. The lowest BCUT2D eigenvalue weighted by molar-refractivity contribution is 0.0950. The number of nitrogens with zero attached hydrogens (tertiary/aromatic N) is 1. The third-order valence-corrected chi connectivity index (χ3v) is 4.09. The van der Waals surface area contributed by atoms with Crippen LogP contribution >= 0.6 is 23.1 Å². The molecule has 0 spiro atoms. The number of hydrogen-bond donors (Lipinski definition) is 1. The molecule has 0 bridgehead atoms. The SMILES string of the molecule is CSc1ncccc1C(=O)NCCc1cccs1. The van der Waals surface area contributed by atoms with Gasteiger partial charge in [0.25, 0.3) is 5.91 Å². The third kappa shape index (κ3) is 3.34. The topological polar surface area (TPSA) is 42.0 Å². The Labute approximate surface area is 115 Å². The van der Waals surface area contributed by atoms with Crippen LogP contribution in [0.1, 0.15) is 15.2 Å². The minimum absolute atomic E-state index is 0.0518. The highest BCUT2D eigenvalue weighted by molar-refractivity contribution is 7.98. The van der Waals surface area contributed by atoms with Gasteiger partial charge in [-0.05, 0) is 36.3 Å². The van der Waals surface area contributed by atoms with Crippen molar-refractivity contribution in [3.63, 3.8) is 0 Å². The van der Waals surface area contributed by atoms with Crippen molar-refractivity contribution in [3.05, 3.63) is 46.3 Å². The van der Waals surface area contributed by atoms with E-state index in [1.165, 1.54) is 16.6 Å². The van der Waals surface area contributed by atoms with Gasteiger partial charge in [0.2, 0.25) is 0 Å². The van der Waals surface area contributed by atoms with Crippen LogP contribution < -0.4 is 5.32 Å². The van der Waals surface area contributed by atoms with E-state index in [1.54, 1.807) is 29.7 Å². The largest absolute Gasteiger partial charge is 0.352 e. The summed E-state index contributed by atoms with van der Waals surface area (Å²) in [7, 11) is 0. The maximum Gasteiger partial charge on any atom is 0.254 e. The molecule has 0 aliphatic carbocycles. The fraction of sp³-hybridized carbons (Fsp3) is 0.231. The highest BCUT2D eigenvalue weighted by Gasteiger charge is 2.10. The Bertz CT molecular complexity index is 511. The van der Waals surface area contributed by atoms with Crippen molar-refractivity contribution in [2.75, 3.05) is 12.8 Å². The first-order chi connectivity index (χ1) is 8.81. The molecule has 2 aromatic heterocycles. The average molecular weight is 278 g/mol. The minimum Gasteiger partial charge on any atom is -0.352 e. The van der Waals surface area contributed by atoms with Crippen molar-refractivity contribution in [2.45, 2.75) is 11.4 Å². The fourth-order valence-electron chi connectivity index (χ4n) is 1.58. The van der Waals surface area contributed by atoms with Crippen molar-refractivity contribution in [1.82, 2.24) is 10.3 Å². The fourth-order valence-corrected chi connectivity index (χ4v) is 2.83. The second-order valence-corrected chi connectivity index (χ2v) is 5.47. The van der Waals surface area contributed by atoms with Gasteiger partial charge in [-0.1, -0.05) is 6.07 Å². The van der Waals surface area contributed by atoms with Gasteiger partial charge < -0.3 is 5.32 Å². The summed E-state index contributed by atoms with van der Waals surface area (Å²) >= 11 is 3.20. The predicted octanol–water partition coefficient (Wildman–Crippen LogP) is 2.84. The molecule has 0 aliphatic rings. The number of thioether (sulfide) groups is 1. The molecule has 1 amide bonds. The minimum atomic E-state index is -0.0518. The highest BCUT2D eigenvalue weighted by Crippen LogP contribution is 2.16. The molecule has 0 aromatic carbocycles. The van der Waals surface area contributed by atoms with Gasteiger partial charge in [-0.2, -0.15) is 0 Å². The number of pyridine rings is 1. The van der Waals surface area contributed by atoms with Gasteiger partial charge in [-0.15, -0.1) is 23.1 Å². The average Bonchev–Trinajstić information content (AvgIpc) is 2.91. The van der Waals surface area contributed by atoms with Crippen LogP contribution in [0.3, 0.4) is 0 Å². The van der Waals surface area contributed by atoms with Gasteiger partial charge >= 0.3 is 0 Å². The van der Waals surface area contributed by atoms with E-state index in [9.17, 15) is 4.79 Å². The van der Waals surface area contributed by atoms with E-state index in [0.29, 0.717) is 12.1 Å². The Morgan fingerprint density at radius 1 is 1.44 bits per heavy atom. The first-order valence-corrected chi connectivity index (χ1v) is 7.71. The molecule has 3 nitrogen and oxygen atoms in total. The second-order valence-electron chi connectivity index (χ2n) is 3.65. The molecular formula is C13H14N2OS2. The maximum absolute atomic E-state index is 12.0. The van der Waals surface area contributed by atoms with Gasteiger partial charge in [0, 0.05) is 17.6 Å². The number of rotatable bonds is 5. The Balaban J connectivity index is 1.91. The lowest BCUT2D eigenvalue weighted by Crippen LogP contribution is -2.26. The third-order valence-electron chi connectivity index (χ3n) is 2.45. The molecule has 5 heteroatoms. The van der Waals surface area contributed by atoms with Crippen molar-refractivity contribution in [1.29, 1.82) is 0 Å². The Morgan fingerprint density at radius 2 is 2.33 bits per heavy atom. The summed E-state index contributed by atoms with van der Waals surface area (Å²) in [5.41, 5.74) is 0.649. The van der Waals surface area contributed by atoms with E-state index in [0.717, 1.165) is 11.4 Å². The predicted molar refractivity (Wildman–Crippen MR) is 76.4 cm³/mol. The first-order valence-electron chi connectivity index (χ1n) is 5.61. The van der Waals surface area contributed by atoms with Crippen LogP contribution in [0.4, 0.5) is 0 Å². The molecule has 0 atom stereocenters. The molecule has 2 aromatic rings. The molecule has 94 valence electrons. The zero-order valence-corrected chi connectivity index (χ0v) is 11.7. The molecule has 0 radical (unpaired) electrons. The first kappa shape index (κ1) is 13.1. The van der Waals surface area contributed by atoms with E-state index in [-0.39, 0.29) is 5.91 Å². The maximum atomic E-state index is 12.0. The normalized spacial score (nSPS) is 10.3.